The summed E-state index contributed by atoms with van der Waals surface area (Å²) < 4.78 is 6.04. The highest BCUT2D eigenvalue weighted by Crippen LogP contribution is 2.32. The number of phenols is 1. The van der Waals surface area contributed by atoms with E-state index in [2.05, 4.69) is 15.8 Å². The molecular formula is C21H20IN3O3. The van der Waals surface area contributed by atoms with E-state index < -0.39 is 0 Å². The molecule has 144 valence electrons. The van der Waals surface area contributed by atoms with Gasteiger partial charge in [0.2, 0.25) is 0 Å². The average molecular weight is 489 g/mol. The van der Waals surface area contributed by atoms with Crippen LogP contribution in [0.4, 0.5) is 5.69 Å². The minimum atomic E-state index is -0.261. The van der Waals surface area contributed by atoms with Gasteiger partial charge in [-0.1, -0.05) is 30.3 Å². The standard InChI is InChI=1S/C21H20IN3O3/c1-2-28-19-10-14(9-18(22)21(19)27)12-24-25-20(26)13-23-17-8-7-15-5-3-4-6-16(15)11-17/h3-12,23,27H,2,13H2,1H3,(H,25,26). The zero-order chi connectivity index (χ0) is 19.9. The van der Waals surface area contributed by atoms with Crippen LogP contribution in [0.2, 0.25) is 0 Å². The number of hydrazone groups is 1. The van der Waals surface area contributed by atoms with Gasteiger partial charge in [0.05, 0.1) is 22.9 Å². The molecule has 6 nitrogen and oxygen atoms in total. The highest BCUT2D eigenvalue weighted by molar-refractivity contribution is 14.1. The molecule has 0 radical (unpaired) electrons. The average Bonchev–Trinajstić information content (AvgIpc) is 2.70. The largest absolute Gasteiger partial charge is 0.504 e. The van der Waals surface area contributed by atoms with Crippen LogP contribution < -0.4 is 15.5 Å². The maximum absolute atomic E-state index is 12.0. The second-order valence-corrected chi connectivity index (χ2v) is 7.15. The van der Waals surface area contributed by atoms with E-state index in [1.54, 1.807) is 12.1 Å². The van der Waals surface area contributed by atoms with E-state index in [1.165, 1.54) is 6.21 Å². The molecule has 3 aromatic carbocycles. The van der Waals surface area contributed by atoms with Gasteiger partial charge in [0, 0.05) is 5.69 Å². The van der Waals surface area contributed by atoms with E-state index >= 15 is 0 Å². The number of ether oxygens (including phenoxy) is 1. The summed E-state index contributed by atoms with van der Waals surface area (Å²) in [7, 11) is 0. The molecule has 0 heterocycles. The first-order valence-corrected chi connectivity index (χ1v) is 9.84. The van der Waals surface area contributed by atoms with Crippen LogP contribution >= 0.6 is 22.6 Å². The van der Waals surface area contributed by atoms with Crippen molar-refractivity contribution in [1.82, 2.24) is 5.43 Å². The van der Waals surface area contributed by atoms with Gasteiger partial charge in [-0.05, 0) is 70.1 Å². The first-order chi connectivity index (χ1) is 13.6. The zero-order valence-electron chi connectivity index (χ0n) is 15.3. The fourth-order valence-corrected chi connectivity index (χ4v) is 3.26. The van der Waals surface area contributed by atoms with Crippen LogP contribution in [0.25, 0.3) is 10.8 Å². The molecule has 0 aliphatic carbocycles. The number of hydrogen-bond acceptors (Lipinski definition) is 5. The smallest absolute Gasteiger partial charge is 0.259 e. The molecular weight excluding hydrogens is 469 g/mol. The van der Waals surface area contributed by atoms with Crippen molar-refractivity contribution in [3.05, 3.63) is 63.7 Å². The Balaban J connectivity index is 1.56. The topological polar surface area (TPSA) is 83.0 Å². The number of carbonyl (C=O) groups excluding carboxylic acids is 1. The van der Waals surface area contributed by atoms with Crippen molar-refractivity contribution >= 4 is 51.2 Å². The van der Waals surface area contributed by atoms with Gasteiger partial charge in [-0.3, -0.25) is 4.79 Å². The lowest BCUT2D eigenvalue weighted by atomic mass is 10.1. The molecule has 3 aromatic rings. The summed E-state index contributed by atoms with van der Waals surface area (Å²) in [5.41, 5.74) is 4.07. The predicted molar refractivity (Wildman–Crippen MR) is 120 cm³/mol. The van der Waals surface area contributed by atoms with E-state index in [0.29, 0.717) is 21.5 Å². The minimum absolute atomic E-state index is 0.100. The van der Waals surface area contributed by atoms with Crippen LogP contribution in [0.15, 0.2) is 59.7 Å². The van der Waals surface area contributed by atoms with Crippen LogP contribution in [-0.4, -0.2) is 30.4 Å². The Labute approximate surface area is 176 Å². The maximum atomic E-state index is 12.0. The summed E-state index contributed by atoms with van der Waals surface area (Å²) in [4.78, 5) is 12.0. The third-order valence-corrected chi connectivity index (χ3v) is 4.78. The lowest BCUT2D eigenvalue weighted by Gasteiger charge is -2.08. The highest BCUT2D eigenvalue weighted by atomic mass is 127. The molecule has 28 heavy (non-hydrogen) atoms. The predicted octanol–water partition coefficient (Wildman–Crippen LogP) is 4.11. The Kier molecular flexibility index (Phi) is 6.70. The van der Waals surface area contributed by atoms with Crippen LogP contribution in [0.1, 0.15) is 12.5 Å². The molecule has 3 N–H and O–H groups in total. The number of aromatic hydroxyl groups is 1. The first-order valence-electron chi connectivity index (χ1n) is 8.76. The molecule has 0 saturated carbocycles. The van der Waals surface area contributed by atoms with Gasteiger partial charge in [-0.15, -0.1) is 0 Å². The van der Waals surface area contributed by atoms with Crippen molar-refractivity contribution in [3.8, 4) is 11.5 Å². The SMILES string of the molecule is CCOc1cc(C=NNC(=O)CNc2ccc3ccccc3c2)cc(I)c1O. The highest BCUT2D eigenvalue weighted by Gasteiger charge is 2.08. The van der Waals surface area contributed by atoms with Gasteiger partial charge in [-0.2, -0.15) is 5.10 Å². The van der Waals surface area contributed by atoms with Gasteiger partial charge in [0.25, 0.3) is 5.91 Å². The number of hydrogen-bond donors (Lipinski definition) is 3. The number of rotatable bonds is 7. The summed E-state index contributed by atoms with van der Waals surface area (Å²) in [6, 6.07) is 17.4. The van der Waals surface area contributed by atoms with Crippen molar-refractivity contribution in [2.24, 2.45) is 5.10 Å². The van der Waals surface area contributed by atoms with Crippen LogP contribution in [0, 0.1) is 3.57 Å². The van der Waals surface area contributed by atoms with E-state index in [0.717, 1.165) is 16.5 Å². The number of benzene rings is 3. The number of fused-ring (bicyclic) bond motifs is 1. The molecule has 7 heteroatoms. The van der Waals surface area contributed by atoms with E-state index in [1.807, 2.05) is 72.0 Å². The van der Waals surface area contributed by atoms with Gasteiger partial charge in [-0.25, -0.2) is 5.43 Å². The van der Waals surface area contributed by atoms with E-state index in [-0.39, 0.29) is 18.2 Å². The summed E-state index contributed by atoms with van der Waals surface area (Å²) in [5, 5.41) is 19.3. The molecule has 0 saturated heterocycles. The quantitative estimate of drug-likeness (QED) is 0.265. The number of amides is 1. The number of phenolic OH excluding ortho intramolecular Hbond substituents is 1. The van der Waals surface area contributed by atoms with Crippen molar-refractivity contribution in [1.29, 1.82) is 0 Å². The van der Waals surface area contributed by atoms with Crippen molar-refractivity contribution in [2.45, 2.75) is 6.92 Å². The second-order valence-electron chi connectivity index (χ2n) is 5.99. The van der Waals surface area contributed by atoms with Crippen molar-refractivity contribution in [2.75, 3.05) is 18.5 Å². The Hall–Kier alpha value is -2.81. The number of nitrogens with one attached hydrogen (secondary N) is 2. The number of nitrogens with zero attached hydrogens (tertiary/aromatic N) is 1. The molecule has 0 spiro atoms. The fraction of sp³-hybridized carbons (Fsp3) is 0.143. The van der Waals surface area contributed by atoms with Crippen molar-refractivity contribution < 1.29 is 14.6 Å². The molecule has 0 fully saturated rings. The van der Waals surface area contributed by atoms with E-state index in [9.17, 15) is 9.90 Å². The summed E-state index contributed by atoms with van der Waals surface area (Å²) in [6.45, 7) is 2.39. The molecule has 0 aliphatic rings. The third-order valence-electron chi connectivity index (χ3n) is 3.96. The first kappa shape index (κ1) is 19.9. The molecule has 0 atom stereocenters. The maximum Gasteiger partial charge on any atom is 0.259 e. The van der Waals surface area contributed by atoms with Gasteiger partial charge < -0.3 is 15.2 Å². The van der Waals surface area contributed by atoms with Crippen LogP contribution in [0.3, 0.4) is 0 Å². The normalized spacial score (nSPS) is 10.9. The number of halogens is 1. The van der Waals surface area contributed by atoms with Crippen molar-refractivity contribution in [3.63, 3.8) is 0 Å². The second kappa shape index (κ2) is 9.41. The monoisotopic (exact) mass is 489 g/mol. The fourth-order valence-electron chi connectivity index (χ4n) is 2.63. The molecule has 0 unspecified atom stereocenters. The zero-order valence-corrected chi connectivity index (χ0v) is 17.4. The summed E-state index contributed by atoms with van der Waals surface area (Å²) in [5.74, 6) is 0.228. The molecule has 0 bridgehead atoms. The molecule has 1 amide bonds. The van der Waals surface area contributed by atoms with E-state index in [4.69, 9.17) is 4.74 Å². The Morgan fingerprint density at radius 1 is 1.18 bits per heavy atom. The van der Waals surface area contributed by atoms with Crippen LogP contribution in [0.5, 0.6) is 11.5 Å². The molecule has 0 aliphatic heterocycles. The number of carbonyl (C=O) groups is 1. The van der Waals surface area contributed by atoms with Gasteiger partial charge in [0.1, 0.15) is 0 Å². The summed E-state index contributed by atoms with van der Waals surface area (Å²) in [6.07, 6.45) is 1.51. The lowest BCUT2D eigenvalue weighted by Crippen LogP contribution is -2.25. The number of anilines is 1. The third kappa shape index (κ3) is 5.13. The molecule has 3 rings (SSSR count). The van der Waals surface area contributed by atoms with Crippen LogP contribution in [-0.2, 0) is 4.79 Å². The Bertz CT molecular complexity index is 1020. The van der Waals surface area contributed by atoms with Gasteiger partial charge in [0.15, 0.2) is 11.5 Å². The Morgan fingerprint density at radius 3 is 2.75 bits per heavy atom. The van der Waals surface area contributed by atoms with Gasteiger partial charge >= 0.3 is 0 Å². The summed E-state index contributed by atoms with van der Waals surface area (Å²) >= 11 is 2.02. The minimum Gasteiger partial charge on any atom is -0.504 e. The lowest BCUT2D eigenvalue weighted by molar-refractivity contribution is -0.119. The Morgan fingerprint density at radius 2 is 1.96 bits per heavy atom. The molecule has 0 aromatic heterocycles.